The highest BCUT2D eigenvalue weighted by atomic mass is 16.3. The van der Waals surface area contributed by atoms with E-state index in [4.69, 9.17) is 10.2 Å². The van der Waals surface area contributed by atoms with E-state index in [0.29, 0.717) is 0 Å². The molecule has 1 rings (SSSR count). The largest absolute Gasteiger partial charge is 0.393 e. The summed E-state index contributed by atoms with van der Waals surface area (Å²) in [4.78, 5) is 0. The van der Waals surface area contributed by atoms with Crippen molar-refractivity contribution in [2.75, 3.05) is 0 Å². The molecule has 2 N–H and O–H groups in total. The summed E-state index contributed by atoms with van der Waals surface area (Å²) in [7, 11) is 0. The quantitative estimate of drug-likeness (QED) is 0.499. The van der Waals surface area contributed by atoms with Crippen LogP contribution in [0.3, 0.4) is 0 Å². The Hall–Kier alpha value is -0.340. The molecule has 0 atom stereocenters. The molecule has 0 aliphatic heterocycles. The predicted octanol–water partition coefficient (Wildman–Crippen LogP) is 1.08. The van der Waals surface area contributed by atoms with E-state index in [2.05, 4.69) is 13.2 Å². The monoisotopic (exact) mass is 144 g/mol. The van der Waals surface area contributed by atoms with Crippen LogP contribution in [0.15, 0.2) is 13.2 Å². The van der Waals surface area contributed by atoms with E-state index in [1.54, 1.807) is 0 Å². The van der Waals surface area contributed by atoms with Crippen LogP contribution in [0.5, 0.6) is 0 Å². The van der Waals surface area contributed by atoms with Crippen molar-refractivity contribution < 1.29 is 10.2 Å². The Morgan fingerprint density at radius 3 is 1.20 bits per heavy atom. The van der Waals surface area contributed by atoms with E-state index in [1.807, 2.05) is 0 Å². The highest BCUT2D eigenvalue weighted by Gasteiger charge is 2.15. The third-order valence-corrected chi connectivity index (χ3v) is 1.67. The molecule has 10 heavy (non-hydrogen) atoms. The smallest absolute Gasteiger partial charge is 0.0542 e. The highest BCUT2D eigenvalue weighted by molar-refractivity contribution is 4.69. The minimum Gasteiger partial charge on any atom is -0.393 e. The molecule has 0 aromatic carbocycles. The van der Waals surface area contributed by atoms with Crippen LogP contribution in [-0.2, 0) is 0 Å². The summed E-state index contributed by atoms with van der Waals surface area (Å²) in [6, 6.07) is 0. The molecule has 1 fully saturated rings. The van der Waals surface area contributed by atoms with Gasteiger partial charge in [0.1, 0.15) is 0 Å². The van der Waals surface area contributed by atoms with E-state index in [9.17, 15) is 0 Å². The van der Waals surface area contributed by atoms with E-state index in [-0.39, 0.29) is 12.2 Å². The van der Waals surface area contributed by atoms with E-state index in [1.165, 1.54) is 0 Å². The summed E-state index contributed by atoms with van der Waals surface area (Å²) in [6.07, 6.45) is 2.83. The molecule has 2 nitrogen and oxygen atoms in total. The Balaban J connectivity index is 0.000000371. The average Bonchev–Trinajstić information content (AvgIpc) is 2.00. The maximum Gasteiger partial charge on any atom is 0.0542 e. The SMILES string of the molecule is C=C.OC1CCC(O)CC1. The summed E-state index contributed by atoms with van der Waals surface area (Å²) >= 11 is 0. The third-order valence-electron chi connectivity index (χ3n) is 1.67. The minimum absolute atomic E-state index is 0.140. The van der Waals surface area contributed by atoms with Crippen molar-refractivity contribution in [2.45, 2.75) is 37.9 Å². The number of aliphatic hydroxyl groups is 2. The lowest BCUT2D eigenvalue weighted by Crippen LogP contribution is -2.21. The zero-order valence-corrected chi connectivity index (χ0v) is 6.29. The first kappa shape index (κ1) is 9.66. The van der Waals surface area contributed by atoms with Crippen LogP contribution in [0, 0.1) is 0 Å². The third kappa shape index (κ3) is 3.64. The normalized spacial score (nSPS) is 32.2. The lowest BCUT2D eigenvalue weighted by atomic mass is 9.95. The van der Waals surface area contributed by atoms with Crippen LogP contribution in [0.1, 0.15) is 25.7 Å². The standard InChI is InChI=1S/C6H12O2.C2H4/c7-5-1-2-6(8)4-3-5;1-2/h5-8H,1-4H2;1-2H2. The second-order valence-corrected chi connectivity index (χ2v) is 2.46. The molecule has 1 aliphatic rings. The Kier molecular flexibility index (Phi) is 5.26. The second kappa shape index (κ2) is 5.45. The van der Waals surface area contributed by atoms with Crippen LogP contribution in [0.4, 0.5) is 0 Å². The Labute approximate surface area is 62.2 Å². The van der Waals surface area contributed by atoms with Gasteiger partial charge < -0.3 is 10.2 Å². The number of hydrogen-bond acceptors (Lipinski definition) is 2. The Morgan fingerprint density at radius 2 is 1.00 bits per heavy atom. The molecular formula is C8H16O2. The van der Waals surface area contributed by atoms with Gasteiger partial charge in [0.25, 0.3) is 0 Å². The van der Waals surface area contributed by atoms with Crippen LogP contribution < -0.4 is 0 Å². The summed E-state index contributed by atoms with van der Waals surface area (Å²) < 4.78 is 0. The lowest BCUT2D eigenvalue weighted by Gasteiger charge is -2.20. The fourth-order valence-electron chi connectivity index (χ4n) is 1.06. The molecule has 1 aliphatic carbocycles. The van der Waals surface area contributed by atoms with Crippen molar-refractivity contribution in [1.29, 1.82) is 0 Å². The Bertz CT molecular complexity index is 65.3. The predicted molar refractivity (Wildman–Crippen MR) is 41.7 cm³/mol. The van der Waals surface area contributed by atoms with Crippen molar-refractivity contribution >= 4 is 0 Å². The van der Waals surface area contributed by atoms with Gasteiger partial charge in [0.05, 0.1) is 12.2 Å². The average molecular weight is 144 g/mol. The fraction of sp³-hybridized carbons (Fsp3) is 0.750. The fourth-order valence-corrected chi connectivity index (χ4v) is 1.06. The zero-order valence-electron chi connectivity index (χ0n) is 6.29. The van der Waals surface area contributed by atoms with Crippen LogP contribution in [-0.4, -0.2) is 22.4 Å². The maximum atomic E-state index is 8.92. The van der Waals surface area contributed by atoms with Gasteiger partial charge in [-0.25, -0.2) is 0 Å². The summed E-state index contributed by atoms with van der Waals surface area (Å²) in [5.41, 5.74) is 0. The molecule has 0 spiro atoms. The molecule has 0 amide bonds. The van der Waals surface area contributed by atoms with Gasteiger partial charge in [-0.05, 0) is 25.7 Å². The molecule has 0 unspecified atom stereocenters. The molecule has 2 heteroatoms. The first-order valence-corrected chi connectivity index (χ1v) is 3.65. The van der Waals surface area contributed by atoms with Gasteiger partial charge in [-0.2, -0.15) is 0 Å². The number of rotatable bonds is 0. The summed E-state index contributed by atoms with van der Waals surface area (Å²) in [6.45, 7) is 6.00. The van der Waals surface area contributed by atoms with Gasteiger partial charge in [0.15, 0.2) is 0 Å². The van der Waals surface area contributed by atoms with Crippen molar-refractivity contribution in [3.05, 3.63) is 13.2 Å². The van der Waals surface area contributed by atoms with Gasteiger partial charge in [-0.15, -0.1) is 13.2 Å². The Morgan fingerprint density at radius 1 is 0.800 bits per heavy atom. The molecule has 0 heterocycles. The minimum atomic E-state index is -0.140. The first-order valence-electron chi connectivity index (χ1n) is 3.65. The highest BCUT2D eigenvalue weighted by Crippen LogP contribution is 2.17. The van der Waals surface area contributed by atoms with E-state index < -0.39 is 0 Å². The van der Waals surface area contributed by atoms with Crippen molar-refractivity contribution in [3.63, 3.8) is 0 Å². The molecule has 0 radical (unpaired) electrons. The van der Waals surface area contributed by atoms with Gasteiger partial charge in [-0.3, -0.25) is 0 Å². The van der Waals surface area contributed by atoms with Gasteiger partial charge >= 0.3 is 0 Å². The van der Waals surface area contributed by atoms with E-state index >= 15 is 0 Å². The number of hydrogen-bond donors (Lipinski definition) is 2. The van der Waals surface area contributed by atoms with Gasteiger partial charge in [0, 0.05) is 0 Å². The molecule has 1 saturated carbocycles. The maximum absolute atomic E-state index is 8.92. The topological polar surface area (TPSA) is 40.5 Å². The zero-order chi connectivity index (χ0) is 7.98. The first-order chi connectivity index (χ1) is 4.79. The lowest BCUT2D eigenvalue weighted by molar-refractivity contribution is 0.0541. The number of aliphatic hydroxyl groups excluding tert-OH is 2. The molecule has 0 aromatic rings. The molecular weight excluding hydrogens is 128 g/mol. The van der Waals surface area contributed by atoms with E-state index in [0.717, 1.165) is 25.7 Å². The van der Waals surface area contributed by atoms with Gasteiger partial charge in [-0.1, -0.05) is 0 Å². The van der Waals surface area contributed by atoms with Crippen LogP contribution in [0.25, 0.3) is 0 Å². The molecule has 0 saturated heterocycles. The summed E-state index contributed by atoms with van der Waals surface area (Å²) in [5, 5.41) is 17.8. The molecule has 0 bridgehead atoms. The van der Waals surface area contributed by atoms with Crippen LogP contribution in [0.2, 0.25) is 0 Å². The van der Waals surface area contributed by atoms with Gasteiger partial charge in [0.2, 0.25) is 0 Å². The van der Waals surface area contributed by atoms with Crippen LogP contribution >= 0.6 is 0 Å². The van der Waals surface area contributed by atoms with Crippen molar-refractivity contribution in [1.82, 2.24) is 0 Å². The van der Waals surface area contributed by atoms with Crippen molar-refractivity contribution in [2.24, 2.45) is 0 Å². The van der Waals surface area contributed by atoms with Crippen molar-refractivity contribution in [3.8, 4) is 0 Å². The molecule has 60 valence electrons. The summed E-state index contributed by atoms with van der Waals surface area (Å²) in [5.74, 6) is 0. The second-order valence-electron chi connectivity index (χ2n) is 2.46. The molecule has 0 aromatic heterocycles.